The van der Waals surface area contributed by atoms with Crippen LogP contribution in [0.3, 0.4) is 0 Å². The molecule has 4 nitrogen and oxygen atoms in total. The number of carbonyl (C=O) groups is 1. The molecule has 2 bridgehead atoms. The van der Waals surface area contributed by atoms with Crippen molar-refractivity contribution < 1.29 is 14.6 Å². The molecule has 6 heteroatoms. The summed E-state index contributed by atoms with van der Waals surface area (Å²) in [4.78, 5) is 14.0. The Kier molecular flexibility index (Phi) is 3.94. The lowest BCUT2D eigenvalue weighted by Gasteiger charge is -2.42. The van der Waals surface area contributed by atoms with Gasteiger partial charge in [0.05, 0.1) is 11.6 Å². The van der Waals surface area contributed by atoms with Gasteiger partial charge in [-0.25, -0.2) is 0 Å². The van der Waals surface area contributed by atoms with E-state index < -0.39 is 10.9 Å². The SMILES string of the molecule is C/C=C/[C@H](O)[C@@H](Br)C(=O)N1C(=S)OC2CC3CCC21C3(C)C. The van der Waals surface area contributed by atoms with Crippen molar-refractivity contribution in [2.45, 2.75) is 62.6 Å². The van der Waals surface area contributed by atoms with Crippen LogP contribution in [0.4, 0.5) is 0 Å². The third kappa shape index (κ3) is 1.89. The highest BCUT2D eigenvalue weighted by Crippen LogP contribution is 2.66. The van der Waals surface area contributed by atoms with E-state index in [0.29, 0.717) is 5.92 Å². The Morgan fingerprint density at radius 2 is 2.27 bits per heavy atom. The summed E-state index contributed by atoms with van der Waals surface area (Å²) in [5, 5.41) is 10.4. The quantitative estimate of drug-likeness (QED) is 0.459. The van der Waals surface area contributed by atoms with Crippen LogP contribution in [0.2, 0.25) is 0 Å². The zero-order chi connectivity index (χ0) is 16.3. The number of amides is 1. The molecule has 22 heavy (non-hydrogen) atoms. The van der Waals surface area contributed by atoms with E-state index in [1.807, 2.05) is 6.92 Å². The number of hydrogen-bond donors (Lipinski definition) is 1. The second-order valence-corrected chi connectivity index (χ2v) is 8.42. The van der Waals surface area contributed by atoms with E-state index >= 15 is 0 Å². The van der Waals surface area contributed by atoms with Crippen LogP contribution in [0, 0.1) is 11.3 Å². The lowest BCUT2D eigenvalue weighted by atomic mass is 9.74. The minimum atomic E-state index is -0.877. The number of aliphatic hydroxyl groups is 1. The maximum absolute atomic E-state index is 13.0. The van der Waals surface area contributed by atoms with Gasteiger partial charge >= 0.3 is 0 Å². The first-order chi connectivity index (χ1) is 10.3. The Hall–Kier alpha value is -0.460. The molecule has 3 rings (SSSR count). The van der Waals surface area contributed by atoms with Crippen LogP contribution >= 0.6 is 28.1 Å². The molecule has 2 aliphatic carbocycles. The van der Waals surface area contributed by atoms with Gasteiger partial charge in [-0.05, 0) is 49.7 Å². The van der Waals surface area contributed by atoms with Crippen molar-refractivity contribution in [3.8, 4) is 0 Å². The summed E-state index contributed by atoms with van der Waals surface area (Å²) in [5.41, 5.74) is -0.375. The van der Waals surface area contributed by atoms with E-state index in [-0.39, 0.29) is 28.1 Å². The van der Waals surface area contributed by atoms with Crippen molar-refractivity contribution in [1.82, 2.24) is 4.90 Å². The smallest absolute Gasteiger partial charge is 0.267 e. The highest BCUT2D eigenvalue weighted by molar-refractivity contribution is 9.10. The predicted molar refractivity (Wildman–Crippen MR) is 91.7 cm³/mol. The Morgan fingerprint density at radius 1 is 1.59 bits per heavy atom. The molecule has 1 N–H and O–H groups in total. The van der Waals surface area contributed by atoms with Gasteiger partial charge in [0, 0.05) is 0 Å². The summed E-state index contributed by atoms with van der Waals surface area (Å²) in [6.07, 6.45) is 5.43. The number of alkyl halides is 1. The van der Waals surface area contributed by atoms with Crippen LogP contribution in [0.5, 0.6) is 0 Å². The Balaban J connectivity index is 1.96. The van der Waals surface area contributed by atoms with Gasteiger partial charge in [-0.2, -0.15) is 0 Å². The van der Waals surface area contributed by atoms with Crippen molar-refractivity contribution in [1.29, 1.82) is 0 Å². The lowest BCUT2D eigenvalue weighted by Crippen LogP contribution is -2.59. The normalized spacial score (nSPS) is 38.2. The number of fused-ring (bicyclic) bond motifs is 1. The first-order valence-corrected chi connectivity index (χ1v) is 9.09. The number of thiocarbonyl (C=S) groups is 1. The molecule has 1 spiro atoms. The molecule has 0 aromatic rings. The Bertz CT molecular complexity index is 550. The number of halogens is 1. The average Bonchev–Trinajstić information content (AvgIpc) is 2.97. The number of carbonyl (C=O) groups excluding carboxylic acids is 1. The topological polar surface area (TPSA) is 49.8 Å². The molecule has 1 aliphatic heterocycles. The van der Waals surface area contributed by atoms with Crippen molar-refractivity contribution in [3.05, 3.63) is 12.2 Å². The summed E-state index contributed by atoms with van der Waals surface area (Å²) in [6, 6.07) is 0. The molecular weight excluding hydrogens is 366 g/mol. The van der Waals surface area contributed by atoms with Gasteiger partial charge in [0.25, 0.3) is 5.17 Å². The van der Waals surface area contributed by atoms with E-state index in [4.69, 9.17) is 17.0 Å². The number of allylic oxidation sites excluding steroid dienone is 1. The highest BCUT2D eigenvalue weighted by atomic mass is 79.9. The molecule has 3 aliphatic rings. The van der Waals surface area contributed by atoms with E-state index in [2.05, 4.69) is 29.8 Å². The van der Waals surface area contributed by atoms with Crippen molar-refractivity contribution in [3.63, 3.8) is 0 Å². The van der Waals surface area contributed by atoms with E-state index in [9.17, 15) is 9.90 Å². The first kappa shape index (κ1) is 16.4. The highest BCUT2D eigenvalue weighted by Gasteiger charge is 2.73. The number of aliphatic hydroxyl groups excluding tert-OH is 1. The van der Waals surface area contributed by atoms with Crippen LogP contribution in [-0.2, 0) is 9.53 Å². The summed E-state index contributed by atoms with van der Waals surface area (Å²) < 4.78 is 5.89. The second kappa shape index (κ2) is 5.28. The van der Waals surface area contributed by atoms with Crippen LogP contribution in [0.25, 0.3) is 0 Å². The van der Waals surface area contributed by atoms with Gasteiger partial charge in [-0.3, -0.25) is 9.69 Å². The molecule has 0 aromatic heterocycles. The van der Waals surface area contributed by atoms with Crippen LogP contribution < -0.4 is 0 Å². The van der Waals surface area contributed by atoms with Gasteiger partial charge in [-0.1, -0.05) is 41.9 Å². The minimum Gasteiger partial charge on any atom is -0.465 e. The number of rotatable bonds is 3. The van der Waals surface area contributed by atoms with Crippen molar-refractivity contribution in [2.24, 2.45) is 11.3 Å². The molecule has 2 saturated carbocycles. The molecular formula is C16H22BrNO3S. The Morgan fingerprint density at radius 3 is 2.86 bits per heavy atom. The fourth-order valence-corrected chi connectivity index (χ4v) is 5.50. The fourth-order valence-electron chi connectivity index (χ4n) is 4.75. The number of nitrogens with zero attached hydrogens (tertiary/aromatic N) is 1. The van der Waals surface area contributed by atoms with E-state index in [0.717, 1.165) is 19.3 Å². The molecule has 3 fully saturated rings. The van der Waals surface area contributed by atoms with Crippen molar-refractivity contribution >= 4 is 39.2 Å². The van der Waals surface area contributed by atoms with Crippen LogP contribution in [0.1, 0.15) is 40.0 Å². The largest absolute Gasteiger partial charge is 0.465 e. The molecule has 1 amide bonds. The summed E-state index contributed by atoms with van der Waals surface area (Å²) in [7, 11) is 0. The molecule has 0 radical (unpaired) electrons. The van der Waals surface area contributed by atoms with Gasteiger partial charge in [0.2, 0.25) is 5.91 Å². The average molecular weight is 388 g/mol. The third-order valence-electron chi connectivity index (χ3n) is 6.01. The fraction of sp³-hybridized carbons (Fsp3) is 0.750. The van der Waals surface area contributed by atoms with Crippen molar-refractivity contribution in [2.75, 3.05) is 0 Å². The molecule has 0 aromatic carbocycles. The zero-order valence-corrected chi connectivity index (χ0v) is 15.5. The predicted octanol–water partition coefficient (Wildman–Crippen LogP) is 2.78. The maximum atomic E-state index is 13.0. The van der Waals surface area contributed by atoms with Gasteiger partial charge in [0.15, 0.2) is 0 Å². The lowest BCUT2D eigenvalue weighted by molar-refractivity contribution is -0.134. The van der Waals surface area contributed by atoms with Gasteiger partial charge in [0.1, 0.15) is 10.9 Å². The van der Waals surface area contributed by atoms with Crippen LogP contribution in [0.15, 0.2) is 12.2 Å². The second-order valence-electron chi connectivity index (χ2n) is 7.08. The molecule has 1 heterocycles. The standard InChI is InChI=1S/C16H22BrNO3S/c1-4-5-10(19)12(17)13(20)18-14(22)21-11-8-9-6-7-16(11,18)15(9,2)3/h4-5,9-12,19H,6-8H2,1-3H3/b5-4+/t9?,10-,11?,12+,16?/m0/s1. The zero-order valence-electron chi connectivity index (χ0n) is 13.1. The molecule has 1 saturated heterocycles. The summed E-state index contributed by atoms with van der Waals surface area (Å²) in [6.45, 7) is 6.25. The third-order valence-corrected chi connectivity index (χ3v) is 7.22. The van der Waals surface area contributed by atoms with E-state index in [1.54, 1.807) is 17.1 Å². The summed E-state index contributed by atoms with van der Waals surface area (Å²) in [5.74, 6) is 0.360. The van der Waals surface area contributed by atoms with Gasteiger partial charge < -0.3 is 9.84 Å². The number of hydrogen-bond acceptors (Lipinski definition) is 4. The maximum Gasteiger partial charge on any atom is 0.267 e. The molecule has 5 atom stereocenters. The molecule has 3 unspecified atom stereocenters. The summed E-state index contributed by atoms with van der Waals surface area (Å²) >= 11 is 8.70. The monoisotopic (exact) mass is 387 g/mol. The van der Waals surface area contributed by atoms with Crippen LogP contribution in [-0.4, -0.2) is 43.7 Å². The minimum absolute atomic E-state index is 0.00346. The van der Waals surface area contributed by atoms with E-state index in [1.165, 1.54) is 0 Å². The molecule has 122 valence electrons. The Labute approximate surface area is 145 Å². The number of ether oxygens (including phenoxy) is 1. The first-order valence-electron chi connectivity index (χ1n) is 7.77. The van der Waals surface area contributed by atoms with Gasteiger partial charge in [-0.15, -0.1) is 0 Å².